The Morgan fingerprint density at radius 3 is 2.44 bits per heavy atom. The monoisotopic (exact) mass is 333 g/mol. The largest absolute Gasteiger partial charge is 0.344 e. The van der Waals surface area contributed by atoms with E-state index in [1.165, 1.54) is 12.1 Å². The fourth-order valence-electron chi connectivity index (χ4n) is 2.66. The Kier molecular flexibility index (Phi) is 4.62. The van der Waals surface area contributed by atoms with E-state index in [0.29, 0.717) is 5.69 Å². The molecule has 1 N–H and O–H groups in total. The molecule has 25 heavy (non-hydrogen) atoms. The maximum atomic E-state index is 13.2. The van der Waals surface area contributed by atoms with Crippen LogP contribution in [-0.2, 0) is 0 Å². The fourth-order valence-corrected chi connectivity index (χ4v) is 2.66. The van der Waals surface area contributed by atoms with Crippen LogP contribution in [0.4, 0.5) is 4.39 Å². The second kappa shape index (κ2) is 7.02. The molecule has 124 valence electrons. The van der Waals surface area contributed by atoms with Crippen LogP contribution in [0.15, 0.2) is 66.9 Å². The molecule has 0 fully saturated rings. The van der Waals surface area contributed by atoms with Crippen LogP contribution in [-0.4, -0.2) is 10.5 Å². The number of benzene rings is 2. The number of rotatable bonds is 4. The van der Waals surface area contributed by atoms with E-state index < -0.39 is 0 Å². The summed E-state index contributed by atoms with van der Waals surface area (Å²) in [4.78, 5) is 12.8. The van der Waals surface area contributed by atoms with E-state index in [1.54, 1.807) is 29.0 Å². The molecule has 5 heteroatoms. The molecular weight excluding hydrogens is 317 g/mol. The molecule has 0 unspecified atom stereocenters. The zero-order valence-electron chi connectivity index (χ0n) is 13.6. The smallest absolute Gasteiger partial charge is 0.270 e. The lowest BCUT2D eigenvalue weighted by molar-refractivity contribution is 0.0933. The zero-order valence-corrected chi connectivity index (χ0v) is 13.6. The molecule has 1 aromatic heterocycles. The van der Waals surface area contributed by atoms with E-state index in [2.05, 4.69) is 5.32 Å². The summed E-state index contributed by atoms with van der Waals surface area (Å²) < 4.78 is 14.7. The average Bonchev–Trinajstić information content (AvgIpc) is 3.07. The van der Waals surface area contributed by atoms with Crippen molar-refractivity contribution in [3.8, 4) is 11.8 Å². The van der Waals surface area contributed by atoms with Gasteiger partial charge < -0.3 is 9.88 Å². The van der Waals surface area contributed by atoms with Gasteiger partial charge in [-0.05, 0) is 42.8 Å². The van der Waals surface area contributed by atoms with Gasteiger partial charge in [0.2, 0.25) is 0 Å². The second-order valence-electron chi connectivity index (χ2n) is 5.64. The number of carbonyl (C=O) groups excluding carboxylic acids is 1. The van der Waals surface area contributed by atoms with Crippen LogP contribution in [0.25, 0.3) is 5.69 Å². The predicted molar refractivity (Wildman–Crippen MR) is 92.8 cm³/mol. The number of halogens is 1. The van der Waals surface area contributed by atoms with Crippen molar-refractivity contribution >= 4 is 5.91 Å². The van der Waals surface area contributed by atoms with Gasteiger partial charge >= 0.3 is 0 Å². The van der Waals surface area contributed by atoms with E-state index in [4.69, 9.17) is 0 Å². The standard InChI is InChI=1S/C20H16FN3O/c1-14(15-5-3-2-4-6-15)23-20(25)19-16(13-22)11-12-24(19)18-9-7-17(21)8-10-18/h2-12,14H,1H3,(H,23,25)/t14-/m1/s1. The molecule has 0 spiro atoms. The Bertz CT molecular complexity index is 924. The maximum absolute atomic E-state index is 13.2. The molecule has 0 saturated heterocycles. The summed E-state index contributed by atoms with van der Waals surface area (Å²) in [5.41, 5.74) is 2.08. The van der Waals surface area contributed by atoms with Gasteiger partial charge in [-0.3, -0.25) is 4.79 Å². The summed E-state index contributed by atoms with van der Waals surface area (Å²) in [5.74, 6) is -0.720. The van der Waals surface area contributed by atoms with Crippen LogP contribution in [0, 0.1) is 17.1 Å². The molecule has 0 saturated carbocycles. The summed E-state index contributed by atoms with van der Waals surface area (Å²) in [6.45, 7) is 1.88. The lowest BCUT2D eigenvalue weighted by Gasteiger charge is -2.16. The predicted octanol–water partition coefficient (Wildman–Crippen LogP) is 3.98. The molecule has 0 aliphatic carbocycles. The van der Waals surface area contributed by atoms with Crippen LogP contribution in [0.1, 0.15) is 34.6 Å². The lowest BCUT2D eigenvalue weighted by Crippen LogP contribution is -2.29. The fraction of sp³-hybridized carbons (Fsp3) is 0.100. The highest BCUT2D eigenvalue weighted by atomic mass is 19.1. The first kappa shape index (κ1) is 16.5. The quantitative estimate of drug-likeness (QED) is 0.785. The van der Waals surface area contributed by atoms with Gasteiger partial charge in [0, 0.05) is 11.9 Å². The van der Waals surface area contributed by atoms with E-state index in [-0.39, 0.29) is 29.0 Å². The molecule has 0 bridgehead atoms. The van der Waals surface area contributed by atoms with Crippen molar-refractivity contribution in [3.63, 3.8) is 0 Å². The van der Waals surface area contributed by atoms with E-state index in [9.17, 15) is 14.4 Å². The summed E-state index contributed by atoms with van der Waals surface area (Å²) in [7, 11) is 0. The number of nitrogens with one attached hydrogen (secondary N) is 1. The van der Waals surface area contributed by atoms with Crippen molar-refractivity contribution in [2.24, 2.45) is 0 Å². The SMILES string of the molecule is C[C@@H](NC(=O)c1c(C#N)ccn1-c1ccc(F)cc1)c1ccccc1. The van der Waals surface area contributed by atoms with Crippen LogP contribution in [0.3, 0.4) is 0 Å². The van der Waals surface area contributed by atoms with Crippen LogP contribution in [0.5, 0.6) is 0 Å². The number of nitriles is 1. The summed E-state index contributed by atoms with van der Waals surface area (Å²) >= 11 is 0. The molecule has 2 aromatic carbocycles. The topological polar surface area (TPSA) is 57.8 Å². The van der Waals surface area contributed by atoms with Gasteiger partial charge in [-0.2, -0.15) is 5.26 Å². The zero-order chi connectivity index (χ0) is 17.8. The Labute approximate surface area is 145 Å². The molecule has 0 aliphatic rings. The number of nitrogens with zero attached hydrogens (tertiary/aromatic N) is 2. The van der Waals surface area contributed by atoms with Gasteiger partial charge in [0.05, 0.1) is 11.6 Å². The van der Waals surface area contributed by atoms with Crippen LogP contribution < -0.4 is 5.32 Å². The van der Waals surface area contributed by atoms with Crippen LogP contribution in [0.2, 0.25) is 0 Å². The minimum atomic E-state index is -0.361. The summed E-state index contributed by atoms with van der Waals surface area (Å²) in [6.07, 6.45) is 1.63. The molecule has 0 radical (unpaired) electrons. The highest BCUT2D eigenvalue weighted by Gasteiger charge is 2.20. The number of amides is 1. The van der Waals surface area contributed by atoms with E-state index in [0.717, 1.165) is 5.56 Å². The van der Waals surface area contributed by atoms with Crippen molar-refractivity contribution in [2.75, 3.05) is 0 Å². The van der Waals surface area contributed by atoms with Crippen molar-refractivity contribution in [1.82, 2.24) is 9.88 Å². The van der Waals surface area contributed by atoms with Crippen molar-refractivity contribution in [3.05, 3.63) is 89.5 Å². The van der Waals surface area contributed by atoms with Gasteiger partial charge in [-0.15, -0.1) is 0 Å². The Morgan fingerprint density at radius 2 is 1.80 bits per heavy atom. The van der Waals surface area contributed by atoms with Gasteiger partial charge in [-0.1, -0.05) is 30.3 Å². The average molecular weight is 333 g/mol. The maximum Gasteiger partial charge on any atom is 0.270 e. The lowest BCUT2D eigenvalue weighted by atomic mass is 10.1. The minimum Gasteiger partial charge on any atom is -0.344 e. The molecule has 1 amide bonds. The first-order valence-corrected chi connectivity index (χ1v) is 7.83. The van der Waals surface area contributed by atoms with E-state index in [1.807, 2.05) is 43.3 Å². The van der Waals surface area contributed by atoms with E-state index >= 15 is 0 Å². The summed E-state index contributed by atoms with van der Waals surface area (Å²) in [6, 6.07) is 18.7. The van der Waals surface area contributed by atoms with Crippen LogP contribution >= 0.6 is 0 Å². The third kappa shape index (κ3) is 3.43. The Morgan fingerprint density at radius 1 is 1.12 bits per heavy atom. The van der Waals surface area contributed by atoms with Gasteiger partial charge in [0.1, 0.15) is 17.6 Å². The molecule has 0 aliphatic heterocycles. The summed E-state index contributed by atoms with van der Waals surface area (Å²) in [5, 5.41) is 12.2. The molecule has 4 nitrogen and oxygen atoms in total. The number of carbonyl (C=O) groups is 1. The highest BCUT2D eigenvalue weighted by molar-refractivity contribution is 5.96. The minimum absolute atomic E-state index is 0.211. The number of aromatic nitrogens is 1. The van der Waals surface area contributed by atoms with Crippen molar-refractivity contribution in [2.45, 2.75) is 13.0 Å². The van der Waals surface area contributed by atoms with Crippen molar-refractivity contribution in [1.29, 1.82) is 5.26 Å². The number of hydrogen-bond acceptors (Lipinski definition) is 2. The van der Waals surface area contributed by atoms with Gasteiger partial charge in [0.25, 0.3) is 5.91 Å². The third-order valence-electron chi connectivity index (χ3n) is 3.97. The second-order valence-corrected chi connectivity index (χ2v) is 5.64. The third-order valence-corrected chi connectivity index (χ3v) is 3.97. The highest BCUT2D eigenvalue weighted by Crippen LogP contribution is 2.19. The Balaban J connectivity index is 1.93. The first-order chi connectivity index (χ1) is 12.1. The molecule has 1 heterocycles. The first-order valence-electron chi connectivity index (χ1n) is 7.83. The van der Waals surface area contributed by atoms with Crippen molar-refractivity contribution < 1.29 is 9.18 Å². The molecule has 3 aromatic rings. The molecular formula is C20H16FN3O. The van der Waals surface area contributed by atoms with Gasteiger partial charge in [0.15, 0.2) is 0 Å². The van der Waals surface area contributed by atoms with Gasteiger partial charge in [-0.25, -0.2) is 4.39 Å². The molecule has 1 atom stereocenters. The Hall–Kier alpha value is -3.39. The molecule has 3 rings (SSSR count). The normalized spacial score (nSPS) is 11.6. The number of hydrogen-bond donors (Lipinski definition) is 1.